The molecule has 2 heterocycles. The third-order valence-electron chi connectivity index (χ3n) is 6.95. The normalized spacial score (nSPS) is 15.2. The molecular formula is C30H43IN4O3Si. The van der Waals surface area contributed by atoms with Crippen LogP contribution in [0.1, 0.15) is 31.9 Å². The van der Waals surface area contributed by atoms with Gasteiger partial charge in [-0.15, -0.1) is 0 Å². The van der Waals surface area contributed by atoms with Gasteiger partial charge in [0.05, 0.1) is 5.52 Å². The van der Waals surface area contributed by atoms with E-state index in [1.54, 1.807) is 0 Å². The number of hydrogen-bond acceptors (Lipinski definition) is 5. The minimum absolute atomic E-state index is 0.214. The molecule has 7 nitrogen and oxygen atoms in total. The SMILES string of the molecule is Cc1cc(CN2CCN(C(=O)OC(C)(C)C)CC2)ccc1-c1ccc2c(c1)c(I)nn2COCC[Si](C)(C)C. The number of rotatable bonds is 8. The fraction of sp³-hybridized carbons (Fsp3) is 0.533. The van der Waals surface area contributed by atoms with Gasteiger partial charge in [-0.2, -0.15) is 5.10 Å². The number of hydrogen-bond donors (Lipinski definition) is 0. The molecule has 4 rings (SSSR count). The number of halogens is 1. The van der Waals surface area contributed by atoms with Crippen LogP contribution < -0.4 is 0 Å². The number of fused-ring (bicyclic) bond motifs is 1. The van der Waals surface area contributed by atoms with Crippen molar-refractivity contribution in [1.82, 2.24) is 19.6 Å². The van der Waals surface area contributed by atoms with Gasteiger partial charge in [-0.3, -0.25) is 4.90 Å². The largest absolute Gasteiger partial charge is 0.444 e. The molecule has 1 fully saturated rings. The summed E-state index contributed by atoms with van der Waals surface area (Å²) in [6, 6.07) is 14.5. The molecule has 0 spiro atoms. The predicted molar refractivity (Wildman–Crippen MR) is 170 cm³/mol. The summed E-state index contributed by atoms with van der Waals surface area (Å²) >= 11 is 2.33. The molecule has 0 saturated carbocycles. The average molecular weight is 663 g/mol. The van der Waals surface area contributed by atoms with Crippen LogP contribution in [-0.2, 0) is 22.7 Å². The second-order valence-corrected chi connectivity index (χ2v) is 19.4. The molecule has 0 radical (unpaired) electrons. The van der Waals surface area contributed by atoms with E-state index in [0.29, 0.717) is 19.8 Å². The molecule has 1 aliphatic heterocycles. The molecule has 0 N–H and O–H groups in total. The van der Waals surface area contributed by atoms with Gasteiger partial charge in [-0.25, -0.2) is 9.48 Å². The van der Waals surface area contributed by atoms with Gasteiger partial charge in [-0.05, 0) is 90.7 Å². The molecule has 212 valence electrons. The minimum Gasteiger partial charge on any atom is -0.444 e. The summed E-state index contributed by atoms with van der Waals surface area (Å²) in [5.74, 6) is 0. The lowest BCUT2D eigenvalue weighted by atomic mass is 9.97. The van der Waals surface area contributed by atoms with Crippen LogP contribution in [0.5, 0.6) is 0 Å². The van der Waals surface area contributed by atoms with E-state index in [0.717, 1.165) is 46.9 Å². The number of ether oxygens (including phenoxy) is 2. The first kappa shape index (κ1) is 30.0. The summed E-state index contributed by atoms with van der Waals surface area (Å²) in [6.07, 6.45) is -0.214. The van der Waals surface area contributed by atoms with Crippen LogP contribution in [0.4, 0.5) is 4.79 Å². The lowest BCUT2D eigenvalue weighted by Gasteiger charge is -2.35. The van der Waals surface area contributed by atoms with Crippen molar-refractivity contribution < 1.29 is 14.3 Å². The molecule has 0 bridgehead atoms. The van der Waals surface area contributed by atoms with E-state index in [4.69, 9.17) is 14.6 Å². The maximum absolute atomic E-state index is 12.4. The molecule has 9 heteroatoms. The maximum Gasteiger partial charge on any atom is 0.410 e. The van der Waals surface area contributed by atoms with Crippen LogP contribution in [0.3, 0.4) is 0 Å². The molecule has 1 saturated heterocycles. The van der Waals surface area contributed by atoms with Crippen molar-refractivity contribution in [1.29, 1.82) is 0 Å². The number of benzene rings is 2. The van der Waals surface area contributed by atoms with E-state index >= 15 is 0 Å². The zero-order valence-corrected chi connectivity index (χ0v) is 27.7. The van der Waals surface area contributed by atoms with E-state index in [1.807, 2.05) is 30.4 Å². The van der Waals surface area contributed by atoms with E-state index < -0.39 is 13.7 Å². The molecule has 39 heavy (non-hydrogen) atoms. The van der Waals surface area contributed by atoms with Crippen molar-refractivity contribution in [3.05, 3.63) is 51.2 Å². The lowest BCUT2D eigenvalue weighted by Crippen LogP contribution is -2.49. The van der Waals surface area contributed by atoms with E-state index in [1.165, 1.54) is 22.3 Å². The molecule has 0 atom stereocenters. The third kappa shape index (κ3) is 8.28. The summed E-state index contributed by atoms with van der Waals surface area (Å²) < 4.78 is 14.5. The van der Waals surface area contributed by atoms with Gasteiger partial charge >= 0.3 is 6.09 Å². The number of piperazine rings is 1. The number of carbonyl (C=O) groups is 1. The molecule has 1 aliphatic rings. The Morgan fingerprint density at radius 3 is 2.41 bits per heavy atom. The molecule has 1 aromatic heterocycles. The zero-order valence-electron chi connectivity index (χ0n) is 24.5. The summed E-state index contributed by atoms with van der Waals surface area (Å²) in [4.78, 5) is 16.6. The number of amides is 1. The van der Waals surface area contributed by atoms with Gasteiger partial charge in [-0.1, -0.05) is 43.9 Å². The van der Waals surface area contributed by atoms with Crippen LogP contribution >= 0.6 is 22.6 Å². The monoisotopic (exact) mass is 662 g/mol. The Bertz CT molecular complexity index is 1300. The number of carbonyl (C=O) groups excluding carboxylic acids is 1. The first-order valence-corrected chi connectivity index (χ1v) is 18.6. The lowest BCUT2D eigenvalue weighted by molar-refractivity contribution is 0.0139. The summed E-state index contributed by atoms with van der Waals surface area (Å²) in [5, 5.41) is 5.91. The highest BCUT2D eigenvalue weighted by atomic mass is 127. The Hall–Kier alpha value is -1.95. The van der Waals surface area contributed by atoms with Crippen LogP contribution in [-0.4, -0.2) is 72.1 Å². The van der Waals surface area contributed by atoms with E-state index in [-0.39, 0.29) is 6.09 Å². The topological polar surface area (TPSA) is 59.8 Å². The van der Waals surface area contributed by atoms with Crippen molar-refractivity contribution in [2.45, 2.75) is 72.3 Å². The summed E-state index contributed by atoms with van der Waals surface area (Å²) in [5.41, 5.74) is 5.64. The molecule has 0 aliphatic carbocycles. The van der Waals surface area contributed by atoms with Crippen molar-refractivity contribution in [3.8, 4) is 11.1 Å². The van der Waals surface area contributed by atoms with Crippen LogP contribution in [0.15, 0.2) is 36.4 Å². The standard InChI is InChI=1S/C30H43IN4O3Si/c1-22-18-23(20-33-12-14-34(15-13-33)29(36)38-30(2,3)4)8-10-25(22)24-9-11-27-26(19-24)28(31)32-35(27)21-37-16-17-39(5,6)7/h8-11,18-19H,12-17,20-21H2,1-7H3. The van der Waals surface area contributed by atoms with Crippen LogP contribution in [0.2, 0.25) is 25.7 Å². The zero-order chi connectivity index (χ0) is 28.4. The first-order valence-electron chi connectivity index (χ1n) is 13.8. The maximum atomic E-state index is 12.4. The molecule has 2 aromatic carbocycles. The Morgan fingerprint density at radius 2 is 1.77 bits per heavy atom. The highest BCUT2D eigenvalue weighted by molar-refractivity contribution is 14.1. The highest BCUT2D eigenvalue weighted by Gasteiger charge is 2.26. The van der Waals surface area contributed by atoms with Crippen molar-refractivity contribution in [2.75, 3.05) is 32.8 Å². The van der Waals surface area contributed by atoms with E-state index in [9.17, 15) is 4.79 Å². The number of aryl methyl sites for hydroxylation is 1. The van der Waals surface area contributed by atoms with Gasteiger partial charge in [0.25, 0.3) is 0 Å². The summed E-state index contributed by atoms with van der Waals surface area (Å²) in [7, 11) is -1.10. The summed E-state index contributed by atoms with van der Waals surface area (Å²) in [6.45, 7) is 20.3. The van der Waals surface area contributed by atoms with Crippen LogP contribution in [0.25, 0.3) is 22.0 Å². The second-order valence-electron chi connectivity index (χ2n) is 12.8. The second kappa shape index (κ2) is 12.3. The van der Waals surface area contributed by atoms with Gasteiger partial charge in [0.1, 0.15) is 16.0 Å². The Morgan fingerprint density at radius 1 is 1.05 bits per heavy atom. The number of aromatic nitrogens is 2. The molecule has 3 aromatic rings. The smallest absolute Gasteiger partial charge is 0.410 e. The Balaban J connectivity index is 1.38. The van der Waals surface area contributed by atoms with Crippen molar-refractivity contribution in [3.63, 3.8) is 0 Å². The van der Waals surface area contributed by atoms with Gasteiger partial charge in [0.15, 0.2) is 0 Å². The highest BCUT2D eigenvalue weighted by Crippen LogP contribution is 2.30. The minimum atomic E-state index is -1.10. The van der Waals surface area contributed by atoms with Crippen molar-refractivity contribution >= 4 is 47.7 Å². The molecular weight excluding hydrogens is 619 g/mol. The van der Waals surface area contributed by atoms with Gasteiger partial charge in [0, 0.05) is 52.8 Å². The Labute approximate surface area is 248 Å². The van der Waals surface area contributed by atoms with Gasteiger partial charge < -0.3 is 14.4 Å². The van der Waals surface area contributed by atoms with Crippen molar-refractivity contribution in [2.24, 2.45) is 0 Å². The third-order valence-corrected chi connectivity index (χ3v) is 9.45. The fourth-order valence-corrected chi connectivity index (χ4v) is 6.21. The first-order chi connectivity index (χ1) is 18.3. The Kier molecular flexibility index (Phi) is 9.45. The molecule has 1 amide bonds. The molecule has 0 unspecified atom stereocenters. The average Bonchev–Trinajstić information content (AvgIpc) is 3.15. The van der Waals surface area contributed by atoms with Gasteiger partial charge in [0.2, 0.25) is 0 Å². The van der Waals surface area contributed by atoms with Crippen LogP contribution in [0, 0.1) is 10.6 Å². The predicted octanol–water partition coefficient (Wildman–Crippen LogP) is 6.98. The fourth-order valence-electron chi connectivity index (χ4n) is 4.76. The quantitative estimate of drug-likeness (QED) is 0.148. The number of nitrogens with zero attached hydrogens (tertiary/aromatic N) is 4. The van der Waals surface area contributed by atoms with E-state index in [2.05, 4.69) is 90.5 Å².